The summed E-state index contributed by atoms with van der Waals surface area (Å²) in [4.78, 5) is 22.8. The second-order valence-corrected chi connectivity index (χ2v) is 6.01. The van der Waals surface area contributed by atoms with E-state index in [1.165, 1.54) is 5.56 Å². The SMILES string of the molecule is CNC(=O)CCCC(=O)N[C@@H]1C[C@@H]1c1ccc(Br)cc1. The largest absolute Gasteiger partial charge is 0.359 e. The van der Waals surface area contributed by atoms with Crippen LogP contribution in [0, 0.1) is 0 Å². The monoisotopic (exact) mass is 338 g/mol. The summed E-state index contributed by atoms with van der Waals surface area (Å²) < 4.78 is 1.07. The van der Waals surface area contributed by atoms with E-state index >= 15 is 0 Å². The maximum absolute atomic E-state index is 11.7. The minimum Gasteiger partial charge on any atom is -0.359 e. The van der Waals surface area contributed by atoms with Gasteiger partial charge in [0, 0.05) is 36.3 Å². The summed E-state index contributed by atoms with van der Waals surface area (Å²) in [5.41, 5.74) is 1.27. The van der Waals surface area contributed by atoms with Crippen LogP contribution in [0.1, 0.15) is 37.2 Å². The van der Waals surface area contributed by atoms with E-state index in [1.54, 1.807) is 7.05 Å². The average Bonchev–Trinajstić information content (AvgIpc) is 3.18. The Balaban J connectivity index is 1.69. The summed E-state index contributed by atoms with van der Waals surface area (Å²) in [6.07, 6.45) is 2.42. The first kappa shape index (κ1) is 15.0. The van der Waals surface area contributed by atoms with Crippen LogP contribution in [0.2, 0.25) is 0 Å². The Labute approximate surface area is 127 Å². The summed E-state index contributed by atoms with van der Waals surface area (Å²) in [7, 11) is 1.61. The van der Waals surface area contributed by atoms with Gasteiger partial charge in [0.2, 0.25) is 11.8 Å². The van der Waals surface area contributed by atoms with Crippen LogP contribution in [0.15, 0.2) is 28.7 Å². The lowest BCUT2D eigenvalue weighted by Crippen LogP contribution is -2.26. The van der Waals surface area contributed by atoms with Crippen molar-refractivity contribution in [2.75, 3.05) is 7.05 Å². The van der Waals surface area contributed by atoms with Crippen LogP contribution in [0.5, 0.6) is 0 Å². The lowest BCUT2D eigenvalue weighted by molar-refractivity contribution is -0.122. The van der Waals surface area contributed by atoms with E-state index < -0.39 is 0 Å². The first-order valence-electron chi connectivity index (χ1n) is 6.85. The predicted molar refractivity (Wildman–Crippen MR) is 81.3 cm³/mol. The van der Waals surface area contributed by atoms with E-state index in [0.29, 0.717) is 25.2 Å². The molecule has 0 aliphatic heterocycles. The fourth-order valence-corrected chi connectivity index (χ4v) is 2.51. The Bertz CT molecular complexity index is 487. The number of carbonyl (C=O) groups excluding carboxylic acids is 2. The van der Waals surface area contributed by atoms with Crippen molar-refractivity contribution < 1.29 is 9.59 Å². The first-order valence-corrected chi connectivity index (χ1v) is 7.65. The topological polar surface area (TPSA) is 58.2 Å². The summed E-state index contributed by atoms with van der Waals surface area (Å²) in [5, 5.41) is 5.58. The van der Waals surface area contributed by atoms with Crippen LogP contribution in [0.4, 0.5) is 0 Å². The van der Waals surface area contributed by atoms with E-state index in [0.717, 1.165) is 10.9 Å². The number of carbonyl (C=O) groups is 2. The number of benzene rings is 1. The van der Waals surface area contributed by atoms with Gasteiger partial charge in [-0.25, -0.2) is 0 Å². The van der Waals surface area contributed by atoms with E-state index in [2.05, 4.69) is 38.7 Å². The maximum atomic E-state index is 11.7. The molecule has 2 atom stereocenters. The van der Waals surface area contributed by atoms with Gasteiger partial charge in [-0.2, -0.15) is 0 Å². The zero-order valence-electron chi connectivity index (χ0n) is 11.5. The molecule has 0 radical (unpaired) electrons. The van der Waals surface area contributed by atoms with Crippen molar-refractivity contribution >= 4 is 27.7 Å². The van der Waals surface area contributed by atoms with Crippen LogP contribution in [0.3, 0.4) is 0 Å². The molecule has 2 amide bonds. The molecule has 4 nitrogen and oxygen atoms in total. The van der Waals surface area contributed by atoms with Crippen LogP contribution in [0.25, 0.3) is 0 Å². The molecular formula is C15H19BrN2O2. The number of nitrogens with one attached hydrogen (secondary N) is 2. The molecule has 0 unspecified atom stereocenters. The van der Waals surface area contributed by atoms with Crippen LogP contribution >= 0.6 is 15.9 Å². The Morgan fingerprint density at radius 1 is 1.20 bits per heavy atom. The van der Waals surface area contributed by atoms with E-state index in [1.807, 2.05) is 12.1 Å². The number of rotatable bonds is 6. The molecule has 108 valence electrons. The molecule has 2 N–H and O–H groups in total. The first-order chi connectivity index (χ1) is 9.60. The van der Waals surface area contributed by atoms with Gasteiger partial charge < -0.3 is 10.6 Å². The van der Waals surface area contributed by atoms with Gasteiger partial charge >= 0.3 is 0 Å². The highest BCUT2D eigenvalue weighted by molar-refractivity contribution is 9.10. The number of amides is 2. The molecular weight excluding hydrogens is 320 g/mol. The molecule has 0 spiro atoms. The fraction of sp³-hybridized carbons (Fsp3) is 0.467. The molecule has 0 aromatic heterocycles. The zero-order chi connectivity index (χ0) is 14.5. The maximum Gasteiger partial charge on any atom is 0.220 e. The lowest BCUT2D eigenvalue weighted by Gasteiger charge is -2.05. The van der Waals surface area contributed by atoms with Crippen molar-refractivity contribution in [3.63, 3.8) is 0 Å². The number of hydrogen-bond donors (Lipinski definition) is 2. The normalized spacial score (nSPS) is 20.3. The molecule has 1 aromatic rings. The quantitative estimate of drug-likeness (QED) is 0.836. The van der Waals surface area contributed by atoms with Crippen molar-refractivity contribution in [1.29, 1.82) is 0 Å². The van der Waals surface area contributed by atoms with E-state index in [9.17, 15) is 9.59 Å². The Kier molecular flexibility index (Phi) is 5.17. The van der Waals surface area contributed by atoms with Crippen LogP contribution in [-0.2, 0) is 9.59 Å². The number of hydrogen-bond acceptors (Lipinski definition) is 2. The standard InChI is InChI=1S/C15H19BrN2O2/c1-17-14(19)3-2-4-15(20)18-13-9-12(13)10-5-7-11(16)8-6-10/h5-8,12-13H,2-4,9H2,1H3,(H,17,19)(H,18,20)/t12-,13-/m1/s1. The van der Waals surface area contributed by atoms with Crippen molar-refractivity contribution in [3.8, 4) is 0 Å². The van der Waals surface area contributed by atoms with Gasteiger partial charge in [0.1, 0.15) is 0 Å². The molecule has 1 saturated carbocycles. The molecule has 20 heavy (non-hydrogen) atoms. The Morgan fingerprint density at radius 3 is 2.50 bits per heavy atom. The predicted octanol–water partition coefficient (Wildman–Crippen LogP) is 2.34. The molecule has 1 fully saturated rings. The van der Waals surface area contributed by atoms with Crippen molar-refractivity contribution in [1.82, 2.24) is 10.6 Å². The molecule has 0 saturated heterocycles. The van der Waals surface area contributed by atoms with Gasteiger partial charge in [0.15, 0.2) is 0 Å². The van der Waals surface area contributed by atoms with Gasteiger partial charge in [-0.3, -0.25) is 9.59 Å². The summed E-state index contributed by atoms with van der Waals surface area (Å²) in [6, 6.07) is 8.48. The highest BCUT2D eigenvalue weighted by atomic mass is 79.9. The highest BCUT2D eigenvalue weighted by Gasteiger charge is 2.39. The lowest BCUT2D eigenvalue weighted by atomic mass is 10.1. The number of halogens is 1. The smallest absolute Gasteiger partial charge is 0.220 e. The third-order valence-electron chi connectivity index (χ3n) is 3.52. The minimum absolute atomic E-state index is 0.0167. The van der Waals surface area contributed by atoms with Gasteiger partial charge in [-0.1, -0.05) is 28.1 Å². The summed E-state index contributed by atoms with van der Waals surface area (Å²) >= 11 is 3.41. The van der Waals surface area contributed by atoms with Crippen molar-refractivity contribution in [2.24, 2.45) is 0 Å². The summed E-state index contributed by atoms with van der Waals surface area (Å²) in [6.45, 7) is 0. The highest BCUT2D eigenvalue weighted by Crippen LogP contribution is 2.41. The van der Waals surface area contributed by atoms with Gasteiger partial charge in [-0.05, 0) is 30.5 Å². The third-order valence-corrected chi connectivity index (χ3v) is 4.05. The molecule has 5 heteroatoms. The second kappa shape index (κ2) is 6.88. The van der Waals surface area contributed by atoms with E-state index in [4.69, 9.17) is 0 Å². The van der Waals surface area contributed by atoms with Gasteiger partial charge in [-0.15, -0.1) is 0 Å². The van der Waals surface area contributed by atoms with Crippen molar-refractivity contribution in [2.45, 2.75) is 37.6 Å². The molecule has 1 aliphatic carbocycles. The second-order valence-electron chi connectivity index (χ2n) is 5.09. The van der Waals surface area contributed by atoms with Crippen LogP contribution in [-0.4, -0.2) is 24.9 Å². The van der Waals surface area contributed by atoms with Crippen LogP contribution < -0.4 is 10.6 Å². The summed E-state index contributed by atoms with van der Waals surface area (Å²) in [5.74, 6) is 0.460. The van der Waals surface area contributed by atoms with E-state index in [-0.39, 0.29) is 17.9 Å². The molecule has 1 aromatic carbocycles. The van der Waals surface area contributed by atoms with Gasteiger partial charge in [0.05, 0.1) is 0 Å². The van der Waals surface area contributed by atoms with Gasteiger partial charge in [0.25, 0.3) is 0 Å². The zero-order valence-corrected chi connectivity index (χ0v) is 13.1. The Hall–Kier alpha value is -1.36. The fourth-order valence-electron chi connectivity index (χ4n) is 2.25. The Morgan fingerprint density at radius 2 is 1.85 bits per heavy atom. The molecule has 0 bridgehead atoms. The van der Waals surface area contributed by atoms with Crippen molar-refractivity contribution in [3.05, 3.63) is 34.3 Å². The third kappa shape index (κ3) is 4.34. The minimum atomic E-state index is -0.0167. The molecule has 0 heterocycles. The molecule has 2 rings (SSSR count). The average molecular weight is 339 g/mol. The molecule has 1 aliphatic rings.